The summed E-state index contributed by atoms with van der Waals surface area (Å²) in [4.78, 5) is 27.1. The van der Waals surface area contributed by atoms with Crippen LogP contribution in [0.3, 0.4) is 0 Å². The first-order valence-corrected chi connectivity index (χ1v) is 12.0. The number of rotatable bonds is 5. The molecule has 0 bridgehead atoms. The lowest BCUT2D eigenvalue weighted by molar-refractivity contribution is -0.138. The fraction of sp³-hybridized carbons (Fsp3) is 0.417. The van der Waals surface area contributed by atoms with E-state index in [1.165, 1.54) is 11.3 Å². The van der Waals surface area contributed by atoms with E-state index in [4.69, 9.17) is 0 Å². The van der Waals surface area contributed by atoms with E-state index in [0.29, 0.717) is 22.3 Å². The SMILES string of the molecule is Cc1cccc(-c2sc(C)nc2C(=O)N2CC(F)(F)C[C@@H](C)[C@H]2CNc2ncc(C(F)(F)F)cn2)c1. The van der Waals surface area contributed by atoms with E-state index in [1.807, 2.05) is 31.2 Å². The molecule has 1 amide bonds. The maximum atomic E-state index is 14.6. The van der Waals surface area contributed by atoms with E-state index in [1.54, 1.807) is 13.8 Å². The van der Waals surface area contributed by atoms with Crippen LogP contribution >= 0.6 is 11.3 Å². The van der Waals surface area contributed by atoms with Gasteiger partial charge in [0.05, 0.1) is 28.0 Å². The summed E-state index contributed by atoms with van der Waals surface area (Å²) < 4.78 is 67.5. The van der Waals surface area contributed by atoms with Crippen LogP contribution in [0.4, 0.5) is 27.9 Å². The average Bonchev–Trinajstić information content (AvgIpc) is 3.18. The number of thiazole rings is 1. The summed E-state index contributed by atoms with van der Waals surface area (Å²) in [7, 11) is 0. The lowest BCUT2D eigenvalue weighted by atomic mass is 9.88. The number of aryl methyl sites for hydroxylation is 2. The zero-order valence-corrected chi connectivity index (χ0v) is 20.6. The van der Waals surface area contributed by atoms with Crippen LogP contribution in [0, 0.1) is 19.8 Å². The van der Waals surface area contributed by atoms with E-state index in [2.05, 4.69) is 20.3 Å². The van der Waals surface area contributed by atoms with Crippen molar-refractivity contribution in [3.05, 3.63) is 58.5 Å². The number of benzene rings is 1. The minimum atomic E-state index is -4.58. The van der Waals surface area contributed by atoms with Crippen LogP contribution in [0.15, 0.2) is 36.7 Å². The highest BCUT2D eigenvalue weighted by atomic mass is 32.1. The zero-order chi connectivity index (χ0) is 26.3. The molecule has 0 saturated carbocycles. The minimum absolute atomic E-state index is 0.0166. The highest BCUT2D eigenvalue weighted by molar-refractivity contribution is 7.15. The van der Waals surface area contributed by atoms with E-state index in [-0.39, 0.29) is 18.2 Å². The smallest absolute Gasteiger partial charge is 0.352 e. The second-order valence-electron chi connectivity index (χ2n) is 8.99. The molecule has 1 fully saturated rings. The third kappa shape index (κ3) is 5.63. The van der Waals surface area contributed by atoms with Gasteiger partial charge in [-0.3, -0.25) is 4.79 Å². The van der Waals surface area contributed by atoms with Crippen molar-refractivity contribution < 1.29 is 26.7 Å². The number of piperidine rings is 1. The third-order valence-electron chi connectivity index (χ3n) is 6.01. The predicted octanol–water partition coefficient (Wildman–Crippen LogP) is 5.83. The lowest BCUT2D eigenvalue weighted by Crippen LogP contribution is -2.57. The van der Waals surface area contributed by atoms with Crippen LogP contribution in [-0.2, 0) is 6.18 Å². The lowest BCUT2D eigenvalue weighted by Gasteiger charge is -2.43. The molecule has 0 radical (unpaired) electrons. The quantitative estimate of drug-likeness (QED) is 0.424. The number of amides is 1. The number of halogens is 5. The predicted molar refractivity (Wildman–Crippen MR) is 126 cm³/mol. The molecule has 0 aliphatic carbocycles. The van der Waals surface area contributed by atoms with Crippen molar-refractivity contribution in [1.82, 2.24) is 19.9 Å². The molecule has 1 aromatic carbocycles. The van der Waals surface area contributed by atoms with Crippen LogP contribution in [0.25, 0.3) is 10.4 Å². The standard InChI is InChI=1S/C24H24F5N5OS/c1-13-5-4-6-16(7-13)20-19(33-15(3)36-20)21(35)34-12-23(25,26)8-14(2)18(34)11-32-22-30-9-17(10-31-22)24(27,28)29/h4-7,9-10,14,18H,8,11-12H2,1-3H3,(H,30,31,32)/t14-,18-/m1/s1. The summed E-state index contributed by atoms with van der Waals surface area (Å²) in [5, 5.41) is 3.42. The zero-order valence-electron chi connectivity index (χ0n) is 19.7. The largest absolute Gasteiger partial charge is 0.419 e. The number of nitrogens with zero attached hydrogens (tertiary/aromatic N) is 4. The van der Waals surface area contributed by atoms with Gasteiger partial charge in [-0.25, -0.2) is 23.7 Å². The number of hydrogen-bond acceptors (Lipinski definition) is 6. The number of likely N-dealkylation sites (tertiary alicyclic amines) is 1. The summed E-state index contributed by atoms with van der Waals surface area (Å²) in [6.45, 7) is 4.46. The Hall–Kier alpha value is -3.15. The molecule has 1 N–H and O–H groups in total. The number of carbonyl (C=O) groups is 1. The first kappa shape index (κ1) is 25.9. The van der Waals surface area contributed by atoms with Gasteiger partial charge in [0.1, 0.15) is 5.69 Å². The van der Waals surface area contributed by atoms with Gasteiger partial charge in [-0.15, -0.1) is 11.3 Å². The Morgan fingerprint density at radius 3 is 2.56 bits per heavy atom. The number of nitrogens with one attached hydrogen (secondary N) is 1. The van der Waals surface area contributed by atoms with Crippen molar-refractivity contribution in [2.24, 2.45) is 5.92 Å². The van der Waals surface area contributed by atoms with E-state index < -0.39 is 48.5 Å². The molecule has 1 aliphatic heterocycles. The number of aromatic nitrogens is 3. The Kier molecular flexibility index (Phi) is 7.00. The molecule has 6 nitrogen and oxygen atoms in total. The fourth-order valence-electron chi connectivity index (χ4n) is 4.33. The van der Waals surface area contributed by atoms with Crippen molar-refractivity contribution in [3.8, 4) is 10.4 Å². The van der Waals surface area contributed by atoms with Gasteiger partial charge in [-0.05, 0) is 25.3 Å². The molecule has 12 heteroatoms. The van der Waals surface area contributed by atoms with E-state index in [9.17, 15) is 26.7 Å². The van der Waals surface area contributed by atoms with Crippen LogP contribution < -0.4 is 5.32 Å². The maximum Gasteiger partial charge on any atom is 0.419 e. The second-order valence-corrected chi connectivity index (χ2v) is 10.2. The molecule has 4 rings (SSSR count). The van der Waals surface area contributed by atoms with Gasteiger partial charge < -0.3 is 10.2 Å². The molecule has 2 aromatic heterocycles. The van der Waals surface area contributed by atoms with Gasteiger partial charge in [0.15, 0.2) is 0 Å². The number of carbonyl (C=O) groups excluding carboxylic acids is 1. The molecular weight excluding hydrogens is 501 g/mol. The Labute approximate surface area is 208 Å². The molecule has 36 heavy (non-hydrogen) atoms. The van der Waals surface area contributed by atoms with Gasteiger partial charge in [0.25, 0.3) is 11.8 Å². The summed E-state index contributed by atoms with van der Waals surface area (Å²) in [5.41, 5.74) is 0.851. The van der Waals surface area contributed by atoms with Gasteiger partial charge in [0.2, 0.25) is 5.95 Å². The molecule has 3 aromatic rings. The van der Waals surface area contributed by atoms with Crippen LogP contribution in [0.5, 0.6) is 0 Å². The first-order chi connectivity index (χ1) is 16.8. The van der Waals surface area contributed by atoms with Gasteiger partial charge in [-0.1, -0.05) is 36.8 Å². The fourth-order valence-corrected chi connectivity index (χ4v) is 5.24. The van der Waals surface area contributed by atoms with Crippen molar-refractivity contribution >= 4 is 23.2 Å². The molecule has 0 spiro atoms. The summed E-state index contributed by atoms with van der Waals surface area (Å²) in [5.74, 6) is -4.42. The Morgan fingerprint density at radius 2 is 1.92 bits per heavy atom. The molecule has 1 aliphatic rings. The van der Waals surface area contributed by atoms with Crippen molar-refractivity contribution in [2.75, 3.05) is 18.4 Å². The summed E-state index contributed by atoms with van der Waals surface area (Å²) in [6.07, 6.45) is -3.73. The molecule has 0 unspecified atom stereocenters. The van der Waals surface area contributed by atoms with Crippen LogP contribution in [0.2, 0.25) is 0 Å². The Balaban J connectivity index is 1.61. The second kappa shape index (κ2) is 9.72. The number of alkyl halides is 5. The summed E-state index contributed by atoms with van der Waals surface area (Å²) in [6, 6.07) is 6.82. The van der Waals surface area contributed by atoms with Crippen molar-refractivity contribution in [3.63, 3.8) is 0 Å². The molecule has 3 heterocycles. The monoisotopic (exact) mass is 525 g/mol. The van der Waals surface area contributed by atoms with Crippen molar-refractivity contribution in [2.45, 2.75) is 45.3 Å². The molecular formula is C24H24F5N5OS. The van der Waals surface area contributed by atoms with Gasteiger partial charge >= 0.3 is 6.18 Å². The van der Waals surface area contributed by atoms with E-state index in [0.717, 1.165) is 16.0 Å². The summed E-state index contributed by atoms with van der Waals surface area (Å²) >= 11 is 1.31. The van der Waals surface area contributed by atoms with Crippen LogP contribution in [0.1, 0.15) is 40.0 Å². The molecule has 2 atom stereocenters. The Morgan fingerprint density at radius 1 is 1.22 bits per heavy atom. The van der Waals surface area contributed by atoms with Crippen LogP contribution in [-0.4, -0.2) is 50.8 Å². The molecule has 1 saturated heterocycles. The minimum Gasteiger partial charge on any atom is -0.352 e. The first-order valence-electron chi connectivity index (χ1n) is 11.2. The number of anilines is 1. The number of hydrogen-bond donors (Lipinski definition) is 1. The third-order valence-corrected chi connectivity index (χ3v) is 7.03. The van der Waals surface area contributed by atoms with Gasteiger partial charge in [0, 0.05) is 25.4 Å². The van der Waals surface area contributed by atoms with Gasteiger partial charge in [-0.2, -0.15) is 13.2 Å². The van der Waals surface area contributed by atoms with Crippen molar-refractivity contribution in [1.29, 1.82) is 0 Å². The highest BCUT2D eigenvalue weighted by Crippen LogP contribution is 2.38. The Bertz CT molecular complexity index is 1240. The van der Waals surface area contributed by atoms with E-state index >= 15 is 0 Å². The highest BCUT2D eigenvalue weighted by Gasteiger charge is 2.47. The maximum absolute atomic E-state index is 14.6. The topological polar surface area (TPSA) is 71.0 Å². The average molecular weight is 526 g/mol. The molecule has 192 valence electrons. The normalized spacial score (nSPS) is 19.8.